The van der Waals surface area contributed by atoms with Gasteiger partial charge in [-0.2, -0.15) is 0 Å². The summed E-state index contributed by atoms with van der Waals surface area (Å²) in [5, 5.41) is 5.64. The first-order valence-electron chi connectivity index (χ1n) is 5.63. The molecule has 8 N–H and O–H groups in total. The van der Waals surface area contributed by atoms with E-state index in [1.165, 1.54) is 6.92 Å². The van der Waals surface area contributed by atoms with E-state index in [-0.39, 0.29) is 17.7 Å². The first-order chi connectivity index (χ1) is 7.56. The van der Waals surface area contributed by atoms with Gasteiger partial charge in [0, 0.05) is 12.8 Å². The lowest BCUT2D eigenvalue weighted by Gasteiger charge is -2.19. The van der Waals surface area contributed by atoms with Crippen molar-refractivity contribution in [1.82, 2.24) is 10.6 Å². The van der Waals surface area contributed by atoms with Crippen LogP contribution in [0, 0.1) is 0 Å². The number of amides is 1. The highest BCUT2D eigenvalue weighted by Gasteiger charge is 2.22. The third kappa shape index (κ3) is 5.20. The SMILES string of the molecule is CN[C@@H](CC[NH3+])C(=O)N[C@@H](CC[NH3+])C(C)=O. The fourth-order valence-corrected chi connectivity index (χ4v) is 1.46. The van der Waals surface area contributed by atoms with Crippen LogP contribution in [0.2, 0.25) is 0 Å². The number of nitrogens with one attached hydrogen (secondary N) is 2. The van der Waals surface area contributed by atoms with E-state index in [1.807, 2.05) is 0 Å². The molecular weight excluding hydrogens is 208 g/mol. The van der Waals surface area contributed by atoms with E-state index < -0.39 is 6.04 Å². The molecule has 0 spiro atoms. The fraction of sp³-hybridized carbons (Fsp3) is 0.800. The van der Waals surface area contributed by atoms with Crippen LogP contribution in [0.5, 0.6) is 0 Å². The Morgan fingerprint density at radius 1 is 1.12 bits per heavy atom. The van der Waals surface area contributed by atoms with Crippen LogP contribution in [0.4, 0.5) is 0 Å². The van der Waals surface area contributed by atoms with Crippen molar-refractivity contribution in [3.8, 4) is 0 Å². The van der Waals surface area contributed by atoms with Gasteiger partial charge >= 0.3 is 0 Å². The molecule has 0 aromatic carbocycles. The minimum atomic E-state index is -0.411. The predicted octanol–water partition coefficient (Wildman–Crippen LogP) is -3.09. The summed E-state index contributed by atoms with van der Waals surface area (Å²) in [5.74, 6) is -0.165. The second kappa shape index (κ2) is 8.20. The van der Waals surface area contributed by atoms with Gasteiger partial charge in [0.25, 0.3) is 0 Å². The third-order valence-electron chi connectivity index (χ3n) is 2.46. The lowest BCUT2D eigenvalue weighted by Crippen LogP contribution is -2.57. The molecule has 0 saturated heterocycles. The standard InChI is InChI=1S/C10H22N4O2/c1-7(15)8(3-5-11)14-10(16)9(13-2)4-6-12/h8-9,13H,3-6,11-12H2,1-2H3,(H,14,16)/p+2/t8-,9-/m0/s1. The van der Waals surface area contributed by atoms with Crippen LogP contribution in [-0.4, -0.2) is 43.9 Å². The monoisotopic (exact) mass is 232 g/mol. The number of rotatable bonds is 8. The number of ketones is 1. The van der Waals surface area contributed by atoms with Gasteiger partial charge in [0.2, 0.25) is 5.91 Å². The Labute approximate surface area is 96.1 Å². The van der Waals surface area contributed by atoms with Crippen molar-refractivity contribution in [2.75, 3.05) is 20.1 Å². The number of quaternary nitrogens is 2. The highest BCUT2D eigenvalue weighted by Crippen LogP contribution is 1.95. The van der Waals surface area contributed by atoms with Crippen LogP contribution >= 0.6 is 0 Å². The van der Waals surface area contributed by atoms with Gasteiger partial charge in [-0.25, -0.2) is 0 Å². The van der Waals surface area contributed by atoms with Gasteiger partial charge in [-0.3, -0.25) is 9.59 Å². The van der Waals surface area contributed by atoms with Crippen LogP contribution in [0.1, 0.15) is 19.8 Å². The van der Waals surface area contributed by atoms with E-state index in [0.717, 1.165) is 0 Å². The van der Waals surface area contributed by atoms with E-state index in [4.69, 9.17) is 0 Å². The second-order valence-corrected chi connectivity index (χ2v) is 3.80. The molecule has 0 aliphatic rings. The van der Waals surface area contributed by atoms with Gasteiger partial charge in [-0.15, -0.1) is 0 Å². The highest BCUT2D eigenvalue weighted by molar-refractivity contribution is 5.89. The Balaban J connectivity index is 4.31. The number of hydrogen-bond acceptors (Lipinski definition) is 3. The molecule has 0 radical (unpaired) electrons. The third-order valence-corrected chi connectivity index (χ3v) is 2.46. The van der Waals surface area contributed by atoms with Crippen molar-refractivity contribution in [2.45, 2.75) is 31.8 Å². The summed E-state index contributed by atoms with van der Waals surface area (Å²) in [4.78, 5) is 23.0. The minimum absolute atomic E-state index is 0.0264. The Morgan fingerprint density at radius 2 is 1.62 bits per heavy atom. The van der Waals surface area contributed by atoms with Gasteiger partial charge in [0.15, 0.2) is 5.78 Å². The summed E-state index contributed by atoms with van der Waals surface area (Å²) in [6.07, 6.45) is 1.25. The Morgan fingerprint density at radius 3 is 2.00 bits per heavy atom. The zero-order valence-corrected chi connectivity index (χ0v) is 10.2. The molecule has 0 heterocycles. The maximum absolute atomic E-state index is 11.8. The number of likely N-dealkylation sites (N-methyl/N-ethyl adjacent to an activating group) is 1. The molecule has 0 saturated carbocycles. The van der Waals surface area contributed by atoms with Crippen molar-refractivity contribution in [3.63, 3.8) is 0 Å². The maximum Gasteiger partial charge on any atom is 0.237 e. The van der Waals surface area contributed by atoms with E-state index in [9.17, 15) is 9.59 Å². The van der Waals surface area contributed by atoms with Gasteiger partial charge in [0.1, 0.15) is 0 Å². The number of carbonyl (C=O) groups is 2. The van der Waals surface area contributed by atoms with E-state index in [2.05, 4.69) is 22.1 Å². The molecule has 6 heteroatoms. The van der Waals surface area contributed by atoms with Crippen molar-refractivity contribution in [2.24, 2.45) is 0 Å². The van der Waals surface area contributed by atoms with Crippen molar-refractivity contribution < 1.29 is 21.1 Å². The zero-order valence-electron chi connectivity index (χ0n) is 10.2. The molecule has 94 valence electrons. The van der Waals surface area contributed by atoms with Crippen LogP contribution in [0.3, 0.4) is 0 Å². The number of carbonyl (C=O) groups excluding carboxylic acids is 2. The molecule has 0 bridgehead atoms. The Kier molecular flexibility index (Phi) is 7.70. The lowest BCUT2D eigenvalue weighted by atomic mass is 10.1. The van der Waals surface area contributed by atoms with E-state index in [0.29, 0.717) is 25.9 Å². The lowest BCUT2D eigenvalue weighted by molar-refractivity contribution is -0.369. The second-order valence-electron chi connectivity index (χ2n) is 3.80. The predicted molar refractivity (Wildman–Crippen MR) is 60.2 cm³/mol. The summed E-state index contributed by atoms with van der Waals surface area (Å²) < 4.78 is 0. The molecule has 0 fully saturated rings. The van der Waals surface area contributed by atoms with Crippen LogP contribution in [0.25, 0.3) is 0 Å². The quantitative estimate of drug-likeness (QED) is 0.356. The average molecular weight is 232 g/mol. The minimum Gasteiger partial charge on any atom is -0.357 e. The van der Waals surface area contributed by atoms with Crippen LogP contribution < -0.4 is 22.1 Å². The highest BCUT2D eigenvalue weighted by atomic mass is 16.2. The fourth-order valence-electron chi connectivity index (χ4n) is 1.46. The first kappa shape index (κ1) is 15.0. The van der Waals surface area contributed by atoms with Gasteiger partial charge in [0.05, 0.1) is 25.2 Å². The molecule has 0 aromatic heterocycles. The molecule has 2 atom stereocenters. The summed E-state index contributed by atoms with van der Waals surface area (Å²) in [6.45, 7) is 2.79. The van der Waals surface area contributed by atoms with E-state index >= 15 is 0 Å². The van der Waals surface area contributed by atoms with Crippen molar-refractivity contribution in [1.29, 1.82) is 0 Å². The Bertz CT molecular complexity index is 233. The molecule has 0 aliphatic carbocycles. The molecular formula is C10H24N4O2+2. The smallest absolute Gasteiger partial charge is 0.237 e. The largest absolute Gasteiger partial charge is 0.357 e. The van der Waals surface area contributed by atoms with Gasteiger partial charge in [-0.1, -0.05) is 0 Å². The average Bonchev–Trinajstić information content (AvgIpc) is 2.24. The molecule has 1 amide bonds. The molecule has 6 nitrogen and oxygen atoms in total. The van der Waals surface area contributed by atoms with Crippen molar-refractivity contribution in [3.05, 3.63) is 0 Å². The first-order valence-corrected chi connectivity index (χ1v) is 5.63. The van der Waals surface area contributed by atoms with Crippen molar-refractivity contribution >= 4 is 11.7 Å². The summed E-state index contributed by atoms with van der Waals surface area (Å²) in [6, 6.07) is -0.685. The molecule has 0 unspecified atom stereocenters. The van der Waals surface area contributed by atoms with Gasteiger partial charge < -0.3 is 22.1 Å². The summed E-state index contributed by atoms with van der Waals surface area (Å²) in [7, 11) is 1.73. The normalized spacial score (nSPS) is 14.2. The number of hydrogen-bond donors (Lipinski definition) is 4. The molecule has 0 aliphatic heterocycles. The maximum atomic E-state index is 11.8. The summed E-state index contributed by atoms with van der Waals surface area (Å²) in [5.41, 5.74) is 7.40. The van der Waals surface area contributed by atoms with Crippen LogP contribution in [0.15, 0.2) is 0 Å². The van der Waals surface area contributed by atoms with E-state index in [1.54, 1.807) is 7.05 Å². The molecule has 0 aromatic rings. The van der Waals surface area contributed by atoms with Gasteiger partial charge in [-0.05, 0) is 14.0 Å². The zero-order chi connectivity index (χ0) is 12.6. The summed E-state index contributed by atoms with van der Waals surface area (Å²) >= 11 is 0. The number of Topliss-reactive ketones (excluding diaryl/α,β-unsaturated/α-hetero) is 1. The van der Waals surface area contributed by atoms with Crippen LogP contribution in [-0.2, 0) is 9.59 Å². The topological polar surface area (TPSA) is 113 Å². The molecule has 16 heavy (non-hydrogen) atoms. The Hall–Kier alpha value is -0.980. The molecule has 0 rings (SSSR count).